The number of hydrogen-bond donors (Lipinski definition) is 1. The van der Waals surface area contributed by atoms with Gasteiger partial charge in [-0.1, -0.05) is 6.92 Å². The van der Waals surface area contributed by atoms with Crippen molar-refractivity contribution in [1.29, 1.82) is 0 Å². The number of hydrogen-bond acceptors (Lipinski definition) is 1. The van der Waals surface area contributed by atoms with Crippen LogP contribution < -0.4 is 5.32 Å². The van der Waals surface area contributed by atoms with Crippen LogP contribution in [0.15, 0.2) is 0 Å². The molecule has 0 spiro atoms. The number of rotatable bonds is 0. The molecule has 1 N–H and O–H groups in total. The van der Waals surface area contributed by atoms with Crippen molar-refractivity contribution < 1.29 is 0 Å². The van der Waals surface area contributed by atoms with Crippen LogP contribution in [-0.4, -0.2) is 12.6 Å². The Morgan fingerprint density at radius 3 is 3.09 bits per heavy atom. The second-order valence-corrected chi connectivity index (χ2v) is 4.79. The van der Waals surface area contributed by atoms with Crippen molar-refractivity contribution in [3.8, 4) is 0 Å². The van der Waals surface area contributed by atoms with E-state index in [-0.39, 0.29) is 0 Å². The Hall–Kier alpha value is -0.0400. The molecule has 2 bridgehead atoms. The zero-order valence-electron chi connectivity index (χ0n) is 7.22. The van der Waals surface area contributed by atoms with E-state index >= 15 is 0 Å². The minimum absolute atomic E-state index is 0.919. The molecule has 5 atom stereocenters. The zero-order chi connectivity index (χ0) is 7.42. The summed E-state index contributed by atoms with van der Waals surface area (Å²) < 4.78 is 0. The molecule has 3 aliphatic rings. The molecule has 5 unspecified atom stereocenters. The zero-order valence-corrected chi connectivity index (χ0v) is 7.22. The Morgan fingerprint density at radius 2 is 2.18 bits per heavy atom. The van der Waals surface area contributed by atoms with E-state index in [9.17, 15) is 0 Å². The van der Waals surface area contributed by atoms with E-state index in [4.69, 9.17) is 0 Å². The van der Waals surface area contributed by atoms with E-state index in [1.54, 1.807) is 6.42 Å². The predicted molar refractivity (Wildman–Crippen MR) is 45.3 cm³/mol. The van der Waals surface area contributed by atoms with Crippen LogP contribution >= 0.6 is 0 Å². The topological polar surface area (TPSA) is 12.0 Å². The minimum Gasteiger partial charge on any atom is -0.314 e. The monoisotopic (exact) mass is 151 g/mol. The van der Waals surface area contributed by atoms with Crippen molar-refractivity contribution >= 4 is 0 Å². The summed E-state index contributed by atoms with van der Waals surface area (Å²) in [6.07, 6.45) is 4.50. The normalized spacial score (nSPS) is 60.3. The Bertz CT molecular complexity index is 176. The molecule has 2 saturated carbocycles. The van der Waals surface area contributed by atoms with E-state index < -0.39 is 0 Å². The molecule has 1 heterocycles. The maximum atomic E-state index is 3.67. The summed E-state index contributed by atoms with van der Waals surface area (Å²) in [6.45, 7) is 3.74. The highest BCUT2D eigenvalue weighted by molar-refractivity contribution is 5.07. The van der Waals surface area contributed by atoms with Crippen molar-refractivity contribution in [2.75, 3.05) is 6.54 Å². The van der Waals surface area contributed by atoms with Gasteiger partial charge in [-0.25, -0.2) is 0 Å². The van der Waals surface area contributed by atoms with Gasteiger partial charge in [0.15, 0.2) is 0 Å². The molecule has 0 radical (unpaired) electrons. The van der Waals surface area contributed by atoms with Gasteiger partial charge in [-0.15, -0.1) is 0 Å². The highest BCUT2D eigenvalue weighted by Gasteiger charge is 2.55. The summed E-state index contributed by atoms with van der Waals surface area (Å²) >= 11 is 0. The Labute approximate surface area is 68.6 Å². The third kappa shape index (κ3) is 0.807. The fourth-order valence-electron chi connectivity index (χ4n) is 3.54. The molecule has 3 fully saturated rings. The fourth-order valence-corrected chi connectivity index (χ4v) is 3.54. The van der Waals surface area contributed by atoms with Gasteiger partial charge in [0.25, 0.3) is 0 Å². The van der Waals surface area contributed by atoms with Gasteiger partial charge in [0, 0.05) is 6.04 Å². The summed E-state index contributed by atoms with van der Waals surface area (Å²) in [5.41, 5.74) is 0. The minimum atomic E-state index is 0.919. The average molecular weight is 151 g/mol. The maximum Gasteiger partial charge on any atom is 0.0103 e. The quantitative estimate of drug-likeness (QED) is 0.555. The molecule has 3 rings (SSSR count). The highest BCUT2D eigenvalue weighted by atomic mass is 15.0. The van der Waals surface area contributed by atoms with Crippen LogP contribution in [0.25, 0.3) is 0 Å². The maximum absolute atomic E-state index is 3.67. The Balaban J connectivity index is 1.82. The molecule has 1 saturated heterocycles. The van der Waals surface area contributed by atoms with Gasteiger partial charge in [0.2, 0.25) is 0 Å². The molecule has 11 heavy (non-hydrogen) atoms. The van der Waals surface area contributed by atoms with Gasteiger partial charge in [0.05, 0.1) is 0 Å². The molecule has 0 aromatic rings. The SMILES string of the molecule is CC1C2CC3CCNC(C3)C12. The number of fused-ring (bicyclic) bond motifs is 4. The van der Waals surface area contributed by atoms with Crippen LogP contribution in [0.4, 0.5) is 0 Å². The summed E-state index contributed by atoms with van der Waals surface area (Å²) in [7, 11) is 0. The highest BCUT2D eigenvalue weighted by Crippen LogP contribution is 2.57. The van der Waals surface area contributed by atoms with Crippen molar-refractivity contribution in [1.82, 2.24) is 5.32 Å². The second-order valence-electron chi connectivity index (χ2n) is 4.79. The first-order chi connectivity index (χ1) is 5.36. The lowest BCUT2D eigenvalue weighted by atomic mass is 9.81. The number of nitrogens with one attached hydrogen (secondary N) is 1. The summed E-state index contributed by atoms with van der Waals surface area (Å²) in [4.78, 5) is 0. The largest absolute Gasteiger partial charge is 0.314 e. The first kappa shape index (κ1) is 6.47. The average Bonchev–Trinajstić information content (AvgIpc) is 2.62. The van der Waals surface area contributed by atoms with E-state index in [2.05, 4.69) is 12.2 Å². The van der Waals surface area contributed by atoms with Gasteiger partial charge in [-0.3, -0.25) is 0 Å². The standard InChI is InChI=1S/C10H17N/c1-6-8-4-7-2-3-11-9(5-7)10(6)8/h6-11H,2-5H2,1H3. The molecular weight excluding hydrogens is 134 g/mol. The summed E-state index contributed by atoms with van der Waals surface area (Å²) in [6, 6.07) is 0.919. The van der Waals surface area contributed by atoms with E-state index in [1.807, 2.05) is 0 Å². The smallest absolute Gasteiger partial charge is 0.0103 e. The van der Waals surface area contributed by atoms with Gasteiger partial charge in [-0.2, -0.15) is 0 Å². The molecule has 1 heteroatoms. The van der Waals surface area contributed by atoms with Crippen LogP contribution in [-0.2, 0) is 0 Å². The van der Waals surface area contributed by atoms with E-state index in [1.165, 1.54) is 19.4 Å². The molecule has 62 valence electrons. The Morgan fingerprint density at radius 1 is 1.27 bits per heavy atom. The van der Waals surface area contributed by atoms with Crippen molar-refractivity contribution in [3.05, 3.63) is 0 Å². The third-order valence-corrected chi connectivity index (χ3v) is 4.25. The lowest BCUT2D eigenvalue weighted by Crippen LogP contribution is -2.42. The summed E-state index contributed by atoms with van der Waals surface area (Å²) in [5.74, 6) is 4.33. The molecule has 0 aromatic heterocycles. The Kier molecular flexibility index (Phi) is 1.18. The lowest BCUT2D eigenvalue weighted by Gasteiger charge is -2.34. The first-order valence-corrected chi connectivity index (χ1v) is 5.09. The van der Waals surface area contributed by atoms with E-state index in [0.717, 1.165) is 29.7 Å². The summed E-state index contributed by atoms with van der Waals surface area (Å²) in [5, 5.41) is 3.67. The van der Waals surface area contributed by atoms with Gasteiger partial charge in [-0.05, 0) is 49.5 Å². The van der Waals surface area contributed by atoms with Gasteiger partial charge < -0.3 is 5.32 Å². The predicted octanol–water partition coefficient (Wildman–Crippen LogP) is 1.64. The fraction of sp³-hybridized carbons (Fsp3) is 1.00. The van der Waals surface area contributed by atoms with Crippen molar-refractivity contribution in [3.63, 3.8) is 0 Å². The van der Waals surface area contributed by atoms with Crippen LogP contribution in [0.2, 0.25) is 0 Å². The molecule has 1 aliphatic heterocycles. The van der Waals surface area contributed by atoms with Crippen LogP contribution in [0, 0.1) is 23.7 Å². The molecule has 2 aliphatic carbocycles. The van der Waals surface area contributed by atoms with Crippen LogP contribution in [0.3, 0.4) is 0 Å². The van der Waals surface area contributed by atoms with Gasteiger partial charge >= 0.3 is 0 Å². The molecular formula is C10H17N. The lowest BCUT2D eigenvalue weighted by molar-refractivity contribution is 0.213. The van der Waals surface area contributed by atoms with Crippen molar-refractivity contribution in [2.45, 2.75) is 32.2 Å². The molecule has 1 nitrogen and oxygen atoms in total. The van der Waals surface area contributed by atoms with Crippen LogP contribution in [0.5, 0.6) is 0 Å². The second kappa shape index (κ2) is 2.01. The first-order valence-electron chi connectivity index (χ1n) is 5.09. The van der Waals surface area contributed by atoms with E-state index in [0.29, 0.717) is 0 Å². The van der Waals surface area contributed by atoms with Crippen molar-refractivity contribution in [2.24, 2.45) is 23.7 Å². The molecule has 0 amide bonds. The van der Waals surface area contributed by atoms with Gasteiger partial charge in [0.1, 0.15) is 0 Å². The molecule has 0 aromatic carbocycles. The third-order valence-electron chi connectivity index (χ3n) is 4.25. The van der Waals surface area contributed by atoms with Crippen LogP contribution in [0.1, 0.15) is 26.2 Å². The number of piperidine rings is 1.